The van der Waals surface area contributed by atoms with E-state index in [1.54, 1.807) is 7.11 Å². The Labute approximate surface area is 201 Å². The zero-order chi connectivity index (χ0) is 23.4. The Hall–Kier alpha value is -2.82. The smallest absolute Gasteiger partial charge is 0.255 e. The molecule has 1 aliphatic rings. The molecule has 1 fully saturated rings. The summed E-state index contributed by atoms with van der Waals surface area (Å²) in [5, 5.41) is 3.77. The average molecular weight is 463 g/mol. The zero-order valence-corrected chi connectivity index (χ0v) is 20.2. The highest BCUT2D eigenvalue weighted by atomic mass is 35.5. The molecule has 1 amide bonds. The van der Waals surface area contributed by atoms with Gasteiger partial charge in [0.25, 0.3) is 5.91 Å². The number of rotatable bonds is 6. The van der Waals surface area contributed by atoms with Crippen LogP contribution >= 0.6 is 11.6 Å². The summed E-state index contributed by atoms with van der Waals surface area (Å²) >= 11 is 5.98. The molecule has 0 spiro atoms. The number of carbonyl (C=O) groups is 1. The number of hydrogen-bond acceptors (Lipinski definition) is 3. The first kappa shape index (κ1) is 23.3. The standard InChI is InChI=1S/C28H31ClN2O2/c1-19(2)31-16-14-22(15-17-31)26-18-25(12-13-27(26)33-3)30-28(32)23-6-4-20(5-7-23)21-8-10-24(29)11-9-21/h4-13,18-19,22H,14-17H2,1-3H3,(H,30,32). The van der Waals surface area contributed by atoms with Gasteiger partial charge in [-0.2, -0.15) is 0 Å². The van der Waals surface area contributed by atoms with Crippen molar-refractivity contribution >= 4 is 23.2 Å². The van der Waals surface area contributed by atoms with Crippen molar-refractivity contribution in [1.29, 1.82) is 0 Å². The Bertz CT molecular complexity index is 1090. The summed E-state index contributed by atoms with van der Waals surface area (Å²) in [6.45, 7) is 6.67. The molecular weight excluding hydrogens is 432 g/mol. The molecule has 5 heteroatoms. The molecule has 1 saturated heterocycles. The molecule has 33 heavy (non-hydrogen) atoms. The number of amides is 1. The SMILES string of the molecule is COc1ccc(NC(=O)c2ccc(-c3ccc(Cl)cc3)cc2)cc1C1CCN(C(C)C)CC1. The minimum Gasteiger partial charge on any atom is -0.496 e. The van der Waals surface area contributed by atoms with Crippen molar-refractivity contribution in [3.8, 4) is 16.9 Å². The van der Waals surface area contributed by atoms with Gasteiger partial charge in [0.15, 0.2) is 0 Å². The molecule has 172 valence electrons. The van der Waals surface area contributed by atoms with Crippen molar-refractivity contribution < 1.29 is 9.53 Å². The molecule has 3 aromatic rings. The van der Waals surface area contributed by atoms with Gasteiger partial charge in [-0.3, -0.25) is 4.79 Å². The van der Waals surface area contributed by atoms with E-state index in [1.807, 2.05) is 60.7 Å². The zero-order valence-electron chi connectivity index (χ0n) is 19.5. The molecule has 1 N–H and O–H groups in total. The predicted molar refractivity (Wildman–Crippen MR) is 137 cm³/mol. The van der Waals surface area contributed by atoms with Gasteiger partial charge < -0.3 is 15.0 Å². The second kappa shape index (κ2) is 10.4. The van der Waals surface area contributed by atoms with Crippen LogP contribution in [0.15, 0.2) is 66.7 Å². The average Bonchev–Trinajstić information content (AvgIpc) is 2.84. The minimum absolute atomic E-state index is 0.122. The van der Waals surface area contributed by atoms with E-state index in [0.717, 1.165) is 48.5 Å². The third kappa shape index (κ3) is 5.58. The number of piperidine rings is 1. The molecule has 0 aromatic heterocycles. The van der Waals surface area contributed by atoms with E-state index in [9.17, 15) is 4.79 Å². The second-order valence-electron chi connectivity index (χ2n) is 8.90. The van der Waals surface area contributed by atoms with Gasteiger partial charge in [0.2, 0.25) is 0 Å². The Morgan fingerprint density at radius 3 is 2.15 bits per heavy atom. The Balaban J connectivity index is 1.47. The first-order chi connectivity index (χ1) is 15.9. The number of carbonyl (C=O) groups excluding carboxylic acids is 1. The number of methoxy groups -OCH3 is 1. The third-order valence-corrected chi connectivity index (χ3v) is 6.76. The first-order valence-corrected chi connectivity index (χ1v) is 11.9. The number of hydrogen-bond donors (Lipinski definition) is 1. The summed E-state index contributed by atoms with van der Waals surface area (Å²) in [4.78, 5) is 15.4. The van der Waals surface area contributed by atoms with E-state index in [-0.39, 0.29) is 5.91 Å². The number of nitrogens with zero attached hydrogens (tertiary/aromatic N) is 1. The summed E-state index contributed by atoms with van der Waals surface area (Å²) in [5.74, 6) is 1.21. The van der Waals surface area contributed by atoms with Gasteiger partial charge in [-0.25, -0.2) is 0 Å². The van der Waals surface area contributed by atoms with Crippen LogP contribution in [-0.4, -0.2) is 37.0 Å². The monoisotopic (exact) mass is 462 g/mol. The quantitative estimate of drug-likeness (QED) is 0.435. The van der Waals surface area contributed by atoms with Crippen LogP contribution in [0.1, 0.15) is 48.5 Å². The summed E-state index contributed by atoms with van der Waals surface area (Å²) in [6, 6.07) is 21.8. The lowest BCUT2D eigenvalue weighted by Gasteiger charge is -2.35. The molecular formula is C28H31ClN2O2. The molecule has 3 aromatic carbocycles. The van der Waals surface area contributed by atoms with Crippen molar-refractivity contribution in [3.63, 3.8) is 0 Å². The normalized spacial score (nSPS) is 14.9. The maximum absolute atomic E-state index is 12.9. The van der Waals surface area contributed by atoms with Crippen LogP contribution < -0.4 is 10.1 Å². The van der Waals surface area contributed by atoms with Gasteiger partial charge in [0, 0.05) is 22.3 Å². The summed E-state index contributed by atoms with van der Waals surface area (Å²) in [6.07, 6.45) is 2.19. The molecule has 0 unspecified atom stereocenters. The topological polar surface area (TPSA) is 41.6 Å². The van der Waals surface area contributed by atoms with Crippen LogP contribution in [0.2, 0.25) is 5.02 Å². The predicted octanol–water partition coefficient (Wildman–Crippen LogP) is 6.86. The van der Waals surface area contributed by atoms with Gasteiger partial charge in [-0.1, -0.05) is 35.9 Å². The fourth-order valence-corrected chi connectivity index (χ4v) is 4.64. The van der Waals surface area contributed by atoms with E-state index in [4.69, 9.17) is 16.3 Å². The van der Waals surface area contributed by atoms with Crippen LogP contribution in [0.5, 0.6) is 5.75 Å². The van der Waals surface area contributed by atoms with E-state index < -0.39 is 0 Å². The molecule has 4 nitrogen and oxygen atoms in total. The number of halogens is 1. The van der Waals surface area contributed by atoms with Crippen molar-refractivity contribution in [2.24, 2.45) is 0 Å². The van der Waals surface area contributed by atoms with E-state index in [0.29, 0.717) is 22.5 Å². The third-order valence-electron chi connectivity index (χ3n) is 6.51. The lowest BCUT2D eigenvalue weighted by molar-refractivity contribution is 0.102. The van der Waals surface area contributed by atoms with Crippen LogP contribution in [0.4, 0.5) is 5.69 Å². The number of ether oxygens (including phenoxy) is 1. The summed E-state index contributed by atoms with van der Waals surface area (Å²) < 4.78 is 5.65. The summed E-state index contributed by atoms with van der Waals surface area (Å²) in [5.41, 5.74) is 4.70. The van der Waals surface area contributed by atoms with Crippen LogP contribution in [-0.2, 0) is 0 Å². The van der Waals surface area contributed by atoms with Crippen molar-refractivity contribution in [1.82, 2.24) is 4.90 Å². The van der Waals surface area contributed by atoms with E-state index >= 15 is 0 Å². The van der Waals surface area contributed by atoms with Gasteiger partial charge in [0.1, 0.15) is 5.75 Å². The highest BCUT2D eigenvalue weighted by molar-refractivity contribution is 6.30. The van der Waals surface area contributed by atoms with Crippen LogP contribution in [0.25, 0.3) is 11.1 Å². The van der Waals surface area contributed by atoms with Gasteiger partial charge in [0.05, 0.1) is 7.11 Å². The lowest BCUT2D eigenvalue weighted by Crippen LogP contribution is -2.37. The molecule has 1 aliphatic heterocycles. The Kier molecular flexibility index (Phi) is 7.36. The maximum Gasteiger partial charge on any atom is 0.255 e. The second-order valence-corrected chi connectivity index (χ2v) is 9.34. The molecule has 0 aliphatic carbocycles. The molecule has 0 saturated carbocycles. The number of anilines is 1. The number of benzene rings is 3. The van der Waals surface area contributed by atoms with E-state index in [1.165, 1.54) is 5.56 Å². The van der Waals surface area contributed by atoms with Crippen molar-refractivity contribution in [2.75, 3.05) is 25.5 Å². The fraction of sp³-hybridized carbons (Fsp3) is 0.321. The number of likely N-dealkylation sites (tertiary alicyclic amines) is 1. The highest BCUT2D eigenvalue weighted by Gasteiger charge is 2.24. The first-order valence-electron chi connectivity index (χ1n) is 11.5. The largest absolute Gasteiger partial charge is 0.496 e. The highest BCUT2D eigenvalue weighted by Crippen LogP contribution is 2.36. The lowest BCUT2D eigenvalue weighted by atomic mass is 9.88. The summed E-state index contributed by atoms with van der Waals surface area (Å²) in [7, 11) is 1.71. The minimum atomic E-state index is -0.122. The molecule has 0 radical (unpaired) electrons. The van der Waals surface area contributed by atoms with Gasteiger partial charge >= 0.3 is 0 Å². The fourth-order valence-electron chi connectivity index (χ4n) is 4.52. The molecule has 0 atom stereocenters. The van der Waals surface area contributed by atoms with Crippen molar-refractivity contribution in [2.45, 2.75) is 38.6 Å². The maximum atomic E-state index is 12.9. The Morgan fingerprint density at radius 1 is 0.970 bits per heavy atom. The van der Waals surface area contributed by atoms with Crippen LogP contribution in [0, 0.1) is 0 Å². The Morgan fingerprint density at radius 2 is 1.58 bits per heavy atom. The molecule has 1 heterocycles. The molecule has 0 bridgehead atoms. The van der Waals surface area contributed by atoms with Crippen LogP contribution in [0.3, 0.4) is 0 Å². The van der Waals surface area contributed by atoms with Gasteiger partial charge in [-0.05, 0) is 105 Å². The number of nitrogens with one attached hydrogen (secondary N) is 1. The van der Waals surface area contributed by atoms with Gasteiger partial charge in [-0.15, -0.1) is 0 Å². The van der Waals surface area contributed by atoms with E-state index in [2.05, 4.69) is 30.1 Å². The van der Waals surface area contributed by atoms with Crippen molar-refractivity contribution in [3.05, 3.63) is 82.9 Å². The molecule has 4 rings (SSSR count).